The normalized spacial score (nSPS) is 28.3. The summed E-state index contributed by atoms with van der Waals surface area (Å²) in [6.07, 6.45) is 2.70. The molecule has 1 aromatic rings. The molecule has 110 valence electrons. The molecule has 20 heavy (non-hydrogen) atoms. The van der Waals surface area contributed by atoms with Gasteiger partial charge in [0.05, 0.1) is 0 Å². The number of rotatable bonds is 3. The van der Waals surface area contributed by atoms with Crippen LogP contribution in [0.5, 0.6) is 0 Å². The van der Waals surface area contributed by atoms with Crippen molar-refractivity contribution in [2.75, 3.05) is 5.32 Å². The van der Waals surface area contributed by atoms with Gasteiger partial charge in [0.15, 0.2) is 5.13 Å². The van der Waals surface area contributed by atoms with Gasteiger partial charge in [-0.3, -0.25) is 4.79 Å². The van der Waals surface area contributed by atoms with Crippen LogP contribution in [-0.2, 0) is 9.59 Å². The Hall–Kier alpha value is -1.43. The average molecular weight is 295 g/mol. The lowest BCUT2D eigenvalue weighted by molar-refractivity contribution is -0.323. The van der Waals surface area contributed by atoms with Gasteiger partial charge < -0.3 is 15.2 Å². The first kappa shape index (κ1) is 15.0. The van der Waals surface area contributed by atoms with Gasteiger partial charge in [0.25, 0.3) is 0 Å². The van der Waals surface area contributed by atoms with Gasteiger partial charge in [-0.2, -0.15) is 0 Å². The number of nitrogens with one attached hydrogen (secondary N) is 1. The molecule has 1 fully saturated rings. The van der Waals surface area contributed by atoms with Gasteiger partial charge in [0, 0.05) is 28.4 Å². The Balaban J connectivity index is 2.18. The van der Waals surface area contributed by atoms with Crippen LogP contribution in [-0.4, -0.2) is 16.9 Å². The van der Waals surface area contributed by atoms with E-state index in [4.69, 9.17) is 0 Å². The number of hydrogen-bond donors (Lipinski definition) is 1. The van der Waals surface area contributed by atoms with E-state index in [9.17, 15) is 14.7 Å². The fraction of sp³-hybridized carbons (Fsp3) is 0.643. The SMILES string of the molecule is Cc1cnc(NC(=O)[C@H]2CC[C@@](C)(C(=O)[O-])C2(C)C)s1. The van der Waals surface area contributed by atoms with E-state index in [1.165, 1.54) is 11.3 Å². The minimum atomic E-state index is -1.08. The number of aliphatic carboxylic acids is 1. The molecule has 0 radical (unpaired) electrons. The highest BCUT2D eigenvalue weighted by Crippen LogP contribution is 2.55. The number of carboxylic acids is 1. The van der Waals surface area contributed by atoms with E-state index < -0.39 is 16.8 Å². The predicted molar refractivity (Wildman–Crippen MR) is 75.1 cm³/mol. The molecule has 0 spiro atoms. The lowest BCUT2D eigenvalue weighted by atomic mass is 9.65. The Morgan fingerprint density at radius 1 is 1.45 bits per heavy atom. The summed E-state index contributed by atoms with van der Waals surface area (Å²) in [7, 11) is 0. The number of carbonyl (C=O) groups excluding carboxylic acids is 2. The zero-order valence-electron chi connectivity index (χ0n) is 12.1. The van der Waals surface area contributed by atoms with E-state index in [-0.39, 0.29) is 11.8 Å². The van der Waals surface area contributed by atoms with Crippen molar-refractivity contribution in [3.63, 3.8) is 0 Å². The van der Waals surface area contributed by atoms with Crippen LogP contribution in [0, 0.1) is 23.7 Å². The molecule has 1 N–H and O–H groups in total. The predicted octanol–water partition coefficient (Wildman–Crippen LogP) is 1.58. The molecule has 1 aliphatic carbocycles. The maximum Gasteiger partial charge on any atom is 0.229 e. The minimum Gasteiger partial charge on any atom is -0.550 e. The quantitative estimate of drug-likeness (QED) is 0.918. The fourth-order valence-electron chi connectivity index (χ4n) is 2.93. The highest BCUT2D eigenvalue weighted by Gasteiger charge is 2.54. The minimum absolute atomic E-state index is 0.158. The summed E-state index contributed by atoms with van der Waals surface area (Å²) in [6, 6.07) is 0. The first-order chi connectivity index (χ1) is 9.18. The molecule has 0 aromatic carbocycles. The lowest BCUT2D eigenvalue weighted by Gasteiger charge is -2.41. The van der Waals surface area contributed by atoms with Crippen molar-refractivity contribution in [1.29, 1.82) is 0 Å². The molecular weight excluding hydrogens is 276 g/mol. The number of aryl methyl sites for hydroxylation is 1. The van der Waals surface area contributed by atoms with Crippen molar-refractivity contribution in [3.8, 4) is 0 Å². The van der Waals surface area contributed by atoms with Gasteiger partial charge in [0.2, 0.25) is 5.91 Å². The molecule has 1 amide bonds. The van der Waals surface area contributed by atoms with Gasteiger partial charge in [-0.05, 0) is 25.2 Å². The maximum absolute atomic E-state index is 12.4. The summed E-state index contributed by atoms with van der Waals surface area (Å²) in [5.41, 5.74) is -1.63. The topological polar surface area (TPSA) is 82.1 Å². The summed E-state index contributed by atoms with van der Waals surface area (Å²) in [5, 5.41) is 14.8. The smallest absolute Gasteiger partial charge is 0.229 e. The van der Waals surface area contributed by atoms with Gasteiger partial charge in [0.1, 0.15) is 0 Å². The average Bonchev–Trinajstić information content (AvgIpc) is 2.83. The number of carboxylic acid groups (broad SMARTS) is 1. The van der Waals surface area contributed by atoms with E-state index in [0.29, 0.717) is 18.0 Å². The van der Waals surface area contributed by atoms with Crippen LogP contribution >= 0.6 is 11.3 Å². The van der Waals surface area contributed by atoms with Crippen LogP contribution in [0.4, 0.5) is 5.13 Å². The van der Waals surface area contributed by atoms with Crippen LogP contribution in [0.1, 0.15) is 38.5 Å². The number of amides is 1. The molecular formula is C14H19N2O3S-. The van der Waals surface area contributed by atoms with Crippen molar-refractivity contribution < 1.29 is 14.7 Å². The molecule has 5 nitrogen and oxygen atoms in total. The third-order valence-electron chi connectivity index (χ3n) is 4.84. The van der Waals surface area contributed by atoms with Crippen molar-refractivity contribution in [1.82, 2.24) is 4.98 Å². The Bertz CT molecular complexity index is 552. The molecule has 1 aromatic heterocycles. The third kappa shape index (κ3) is 2.22. The summed E-state index contributed by atoms with van der Waals surface area (Å²) < 4.78 is 0. The molecule has 1 aliphatic rings. The fourth-order valence-corrected chi connectivity index (χ4v) is 3.60. The third-order valence-corrected chi connectivity index (χ3v) is 5.67. The number of carbonyl (C=O) groups is 2. The summed E-state index contributed by atoms with van der Waals surface area (Å²) >= 11 is 1.41. The van der Waals surface area contributed by atoms with Gasteiger partial charge in [-0.15, -0.1) is 11.3 Å². The van der Waals surface area contributed by atoms with Crippen LogP contribution in [0.25, 0.3) is 0 Å². The maximum atomic E-state index is 12.4. The highest BCUT2D eigenvalue weighted by molar-refractivity contribution is 7.15. The van der Waals surface area contributed by atoms with Crippen molar-refractivity contribution in [2.24, 2.45) is 16.7 Å². The van der Waals surface area contributed by atoms with E-state index in [1.54, 1.807) is 13.1 Å². The second kappa shape index (κ2) is 4.84. The monoisotopic (exact) mass is 295 g/mol. The summed E-state index contributed by atoms with van der Waals surface area (Å²) in [4.78, 5) is 28.9. The molecule has 0 bridgehead atoms. The first-order valence-corrected chi connectivity index (χ1v) is 7.45. The van der Waals surface area contributed by atoms with Crippen LogP contribution in [0.3, 0.4) is 0 Å². The largest absolute Gasteiger partial charge is 0.550 e. The second-order valence-electron chi connectivity index (χ2n) is 6.20. The van der Waals surface area contributed by atoms with Crippen molar-refractivity contribution in [3.05, 3.63) is 11.1 Å². The highest BCUT2D eigenvalue weighted by atomic mass is 32.1. The number of anilines is 1. The number of aromatic nitrogens is 1. The first-order valence-electron chi connectivity index (χ1n) is 6.63. The van der Waals surface area contributed by atoms with Gasteiger partial charge in [-0.25, -0.2) is 4.98 Å². The zero-order valence-corrected chi connectivity index (χ0v) is 13.0. The standard InChI is InChI=1S/C14H20N2O3S/c1-8-7-15-12(20-8)16-10(17)9-5-6-14(4,11(18)19)13(9,2)3/h7,9H,5-6H2,1-4H3,(H,18,19)(H,15,16,17)/p-1/t9-,14+/m1/s1. The molecule has 2 rings (SSSR count). The number of thiazole rings is 1. The van der Waals surface area contributed by atoms with E-state index >= 15 is 0 Å². The number of nitrogens with zero attached hydrogens (tertiary/aromatic N) is 1. The van der Waals surface area contributed by atoms with Gasteiger partial charge in [-0.1, -0.05) is 20.8 Å². The van der Waals surface area contributed by atoms with Crippen LogP contribution in [0.15, 0.2) is 6.20 Å². The Labute approximate surface area is 122 Å². The molecule has 2 atom stereocenters. The molecule has 0 saturated heterocycles. The Morgan fingerprint density at radius 2 is 2.10 bits per heavy atom. The van der Waals surface area contributed by atoms with Crippen molar-refractivity contribution >= 4 is 28.3 Å². The molecule has 6 heteroatoms. The van der Waals surface area contributed by atoms with E-state index in [1.807, 2.05) is 20.8 Å². The molecule has 1 heterocycles. The van der Waals surface area contributed by atoms with E-state index in [2.05, 4.69) is 10.3 Å². The van der Waals surface area contributed by atoms with Crippen molar-refractivity contribution in [2.45, 2.75) is 40.5 Å². The molecule has 0 aliphatic heterocycles. The Kier molecular flexibility index (Phi) is 3.62. The number of hydrogen-bond acceptors (Lipinski definition) is 5. The lowest BCUT2D eigenvalue weighted by Crippen LogP contribution is -2.49. The molecule has 0 unspecified atom stereocenters. The van der Waals surface area contributed by atoms with Crippen LogP contribution < -0.4 is 10.4 Å². The zero-order chi connectivity index (χ0) is 15.1. The van der Waals surface area contributed by atoms with E-state index in [0.717, 1.165) is 4.88 Å². The summed E-state index contributed by atoms with van der Waals surface area (Å²) in [5.74, 6) is -1.59. The van der Waals surface area contributed by atoms with Gasteiger partial charge >= 0.3 is 0 Å². The van der Waals surface area contributed by atoms with Crippen LogP contribution in [0.2, 0.25) is 0 Å². The Morgan fingerprint density at radius 3 is 2.55 bits per heavy atom. The molecule has 1 saturated carbocycles. The second-order valence-corrected chi connectivity index (χ2v) is 7.43. The summed E-state index contributed by atoms with van der Waals surface area (Å²) in [6.45, 7) is 7.24.